The number of nitro benzene ring substituents is 1. The summed E-state index contributed by atoms with van der Waals surface area (Å²) < 4.78 is 28.9. The first kappa shape index (κ1) is 32.9. The molecule has 1 unspecified atom stereocenters. The summed E-state index contributed by atoms with van der Waals surface area (Å²) in [6, 6.07) is 28.5. The lowest BCUT2D eigenvalue weighted by atomic mass is 10.0. The second kappa shape index (κ2) is 15.1. The third kappa shape index (κ3) is 8.33. The Morgan fingerprint density at radius 2 is 1.47 bits per heavy atom. The van der Waals surface area contributed by atoms with E-state index in [1.54, 1.807) is 18.2 Å². The molecule has 10 nitrogen and oxygen atoms in total. The van der Waals surface area contributed by atoms with Crippen LogP contribution in [0.1, 0.15) is 30.0 Å². The number of hydrogen-bond acceptors (Lipinski definition) is 6. The number of nitro groups is 1. The van der Waals surface area contributed by atoms with Crippen LogP contribution < -0.4 is 9.62 Å². The number of hydrogen-bond donors (Lipinski definition) is 1. The van der Waals surface area contributed by atoms with Crippen LogP contribution in [0.4, 0.5) is 11.4 Å². The molecular weight excluding hydrogens is 592 g/mol. The summed E-state index contributed by atoms with van der Waals surface area (Å²) in [5, 5.41) is 14.2. The van der Waals surface area contributed by atoms with Crippen molar-refractivity contribution in [3.8, 4) is 0 Å². The molecule has 0 heterocycles. The van der Waals surface area contributed by atoms with Crippen LogP contribution in [-0.2, 0) is 32.6 Å². The summed E-state index contributed by atoms with van der Waals surface area (Å²) in [5.41, 5.74) is 2.40. The molecule has 4 rings (SSSR count). The fourth-order valence-electron chi connectivity index (χ4n) is 4.88. The molecule has 234 valence electrons. The van der Waals surface area contributed by atoms with Crippen LogP contribution in [0.5, 0.6) is 0 Å². The molecule has 0 aliphatic heterocycles. The molecular formula is C34H36N4O6S. The second-order valence-corrected chi connectivity index (χ2v) is 12.4. The van der Waals surface area contributed by atoms with E-state index < -0.39 is 33.4 Å². The van der Waals surface area contributed by atoms with Gasteiger partial charge in [-0.3, -0.25) is 24.0 Å². The normalized spacial score (nSPS) is 11.8. The number of rotatable bonds is 14. The Balaban J connectivity index is 1.81. The zero-order chi connectivity index (χ0) is 32.4. The average Bonchev–Trinajstić information content (AvgIpc) is 3.05. The van der Waals surface area contributed by atoms with Crippen molar-refractivity contribution in [3.05, 3.63) is 136 Å². The van der Waals surface area contributed by atoms with Gasteiger partial charge in [-0.2, -0.15) is 0 Å². The lowest BCUT2D eigenvalue weighted by molar-refractivity contribution is -0.384. The molecule has 0 saturated heterocycles. The molecule has 4 aromatic rings. The maximum absolute atomic E-state index is 14.4. The highest BCUT2D eigenvalue weighted by molar-refractivity contribution is 7.92. The molecule has 11 heteroatoms. The topological polar surface area (TPSA) is 130 Å². The summed E-state index contributed by atoms with van der Waals surface area (Å²) >= 11 is 0. The van der Waals surface area contributed by atoms with Gasteiger partial charge >= 0.3 is 0 Å². The first-order valence-corrected chi connectivity index (χ1v) is 16.0. The van der Waals surface area contributed by atoms with Crippen molar-refractivity contribution in [1.29, 1.82) is 0 Å². The van der Waals surface area contributed by atoms with Gasteiger partial charge < -0.3 is 10.2 Å². The largest absolute Gasteiger partial charge is 0.354 e. The summed E-state index contributed by atoms with van der Waals surface area (Å²) in [5.74, 6) is -0.959. The van der Waals surface area contributed by atoms with Crippen LogP contribution in [-0.4, -0.2) is 49.2 Å². The quantitative estimate of drug-likeness (QED) is 0.150. The number of aryl methyl sites for hydroxylation is 1. The summed E-state index contributed by atoms with van der Waals surface area (Å²) in [6.45, 7) is 3.66. The van der Waals surface area contributed by atoms with Crippen LogP contribution in [0.2, 0.25) is 0 Å². The van der Waals surface area contributed by atoms with E-state index in [9.17, 15) is 28.1 Å². The molecule has 2 amide bonds. The number of nitrogens with zero attached hydrogens (tertiary/aromatic N) is 3. The van der Waals surface area contributed by atoms with Crippen LogP contribution in [0, 0.1) is 17.0 Å². The van der Waals surface area contributed by atoms with E-state index in [1.807, 2.05) is 68.4 Å². The van der Waals surface area contributed by atoms with Crippen LogP contribution in [0.25, 0.3) is 0 Å². The van der Waals surface area contributed by atoms with Crippen molar-refractivity contribution in [2.24, 2.45) is 0 Å². The number of non-ortho nitro benzene ring substituents is 1. The SMILES string of the molecule is CCCNC(=O)C(Cc1ccccc1)N(Cc1ccccc1C)C(=O)CN(c1ccc([N+](=O)[O-])cc1)S(=O)(=O)c1ccccc1. The van der Waals surface area contributed by atoms with Gasteiger partial charge in [-0.15, -0.1) is 0 Å². The fourth-order valence-corrected chi connectivity index (χ4v) is 6.32. The van der Waals surface area contributed by atoms with Crippen LogP contribution in [0.15, 0.2) is 114 Å². The average molecular weight is 629 g/mol. The molecule has 1 atom stereocenters. The molecule has 45 heavy (non-hydrogen) atoms. The van der Waals surface area contributed by atoms with Crippen molar-refractivity contribution in [3.63, 3.8) is 0 Å². The predicted molar refractivity (Wildman–Crippen MR) is 173 cm³/mol. The van der Waals surface area contributed by atoms with E-state index in [0.717, 1.165) is 21.0 Å². The number of benzene rings is 4. The van der Waals surface area contributed by atoms with Gasteiger partial charge in [0.15, 0.2) is 0 Å². The number of anilines is 1. The minimum Gasteiger partial charge on any atom is -0.354 e. The molecule has 4 aromatic carbocycles. The Morgan fingerprint density at radius 1 is 0.867 bits per heavy atom. The standard InChI is InChI=1S/C34H36N4O6S/c1-3-22-35-34(40)32(23-27-13-6-4-7-14-27)36(24-28-15-11-10-12-26(28)2)33(39)25-37(29-18-20-30(21-19-29)38(41)42)45(43,44)31-16-8-5-9-17-31/h4-21,32H,3,22-25H2,1-2H3,(H,35,40). The lowest BCUT2D eigenvalue weighted by Crippen LogP contribution is -2.53. The molecule has 1 N–H and O–H groups in total. The molecule has 0 spiro atoms. The van der Waals surface area contributed by atoms with Crippen molar-refractivity contribution in [2.45, 2.75) is 44.2 Å². The molecule has 0 saturated carbocycles. The first-order valence-electron chi connectivity index (χ1n) is 14.6. The van der Waals surface area contributed by atoms with E-state index in [1.165, 1.54) is 41.3 Å². The van der Waals surface area contributed by atoms with Crippen LogP contribution in [0.3, 0.4) is 0 Å². The maximum Gasteiger partial charge on any atom is 0.269 e. The van der Waals surface area contributed by atoms with Crippen molar-refractivity contribution >= 4 is 33.2 Å². The maximum atomic E-state index is 14.4. The molecule has 0 radical (unpaired) electrons. The molecule has 0 aliphatic rings. The molecule has 0 aromatic heterocycles. The van der Waals surface area contributed by atoms with E-state index in [-0.39, 0.29) is 35.1 Å². The van der Waals surface area contributed by atoms with Gasteiger partial charge in [0.2, 0.25) is 11.8 Å². The highest BCUT2D eigenvalue weighted by Crippen LogP contribution is 2.27. The summed E-state index contributed by atoms with van der Waals surface area (Å²) in [6.07, 6.45) is 0.899. The van der Waals surface area contributed by atoms with Crippen molar-refractivity contribution in [1.82, 2.24) is 10.2 Å². The van der Waals surface area contributed by atoms with Crippen molar-refractivity contribution in [2.75, 3.05) is 17.4 Å². The predicted octanol–water partition coefficient (Wildman–Crippen LogP) is 5.26. The third-order valence-corrected chi connectivity index (χ3v) is 9.17. The van der Waals surface area contributed by atoms with Gasteiger partial charge in [0.1, 0.15) is 12.6 Å². The van der Waals surface area contributed by atoms with E-state index in [2.05, 4.69) is 5.32 Å². The van der Waals surface area contributed by atoms with Gasteiger partial charge in [0.25, 0.3) is 15.7 Å². The molecule has 0 fully saturated rings. The third-order valence-electron chi connectivity index (χ3n) is 7.38. The fraction of sp³-hybridized carbons (Fsp3) is 0.235. The van der Waals surface area contributed by atoms with Gasteiger partial charge in [-0.1, -0.05) is 79.7 Å². The minimum atomic E-state index is -4.30. The number of amides is 2. The van der Waals surface area contributed by atoms with Gasteiger partial charge in [0.05, 0.1) is 15.5 Å². The number of sulfonamides is 1. The Bertz CT molecular complexity index is 1710. The first-order chi connectivity index (χ1) is 21.6. The van der Waals surface area contributed by atoms with Crippen LogP contribution >= 0.6 is 0 Å². The second-order valence-electron chi connectivity index (χ2n) is 10.5. The zero-order valence-electron chi connectivity index (χ0n) is 25.2. The number of carbonyl (C=O) groups is 2. The van der Waals surface area contributed by atoms with Gasteiger partial charge in [0, 0.05) is 31.6 Å². The van der Waals surface area contributed by atoms with Gasteiger partial charge in [-0.25, -0.2) is 8.42 Å². The summed E-state index contributed by atoms with van der Waals surface area (Å²) in [4.78, 5) is 40.2. The number of carbonyl (C=O) groups excluding carboxylic acids is 2. The van der Waals surface area contributed by atoms with E-state index >= 15 is 0 Å². The zero-order valence-corrected chi connectivity index (χ0v) is 26.0. The van der Waals surface area contributed by atoms with Crippen molar-refractivity contribution < 1.29 is 22.9 Å². The Labute approximate surface area is 263 Å². The lowest BCUT2D eigenvalue weighted by Gasteiger charge is -2.34. The molecule has 0 bridgehead atoms. The highest BCUT2D eigenvalue weighted by atomic mass is 32.2. The van der Waals surface area contributed by atoms with E-state index in [4.69, 9.17) is 0 Å². The Kier molecular flexibility index (Phi) is 11.0. The monoisotopic (exact) mass is 628 g/mol. The summed E-state index contributed by atoms with van der Waals surface area (Å²) in [7, 11) is -4.30. The molecule has 0 aliphatic carbocycles. The van der Waals surface area contributed by atoms with Gasteiger partial charge in [-0.05, 0) is 54.3 Å². The van der Waals surface area contributed by atoms with E-state index in [0.29, 0.717) is 13.0 Å². The minimum absolute atomic E-state index is 0.0527. The Morgan fingerprint density at radius 3 is 2.07 bits per heavy atom. The number of nitrogens with one attached hydrogen (secondary N) is 1. The smallest absolute Gasteiger partial charge is 0.269 e. The highest BCUT2D eigenvalue weighted by Gasteiger charge is 2.34. The Hall–Kier alpha value is -5.03.